The largest absolute Gasteiger partial charge is 0.356 e. The number of anilines is 1. The Hall–Kier alpha value is -1.84. The molecule has 0 aromatic heterocycles. The van der Waals surface area contributed by atoms with E-state index in [0.29, 0.717) is 6.54 Å². The molecular weight excluding hydrogens is 240 g/mol. The quantitative estimate of drug-likeness (QED) is 0.586. The van der Waals surface area contributed by atoms with Crippen LogP contribution in [0.2, 0.25) is 0 Å². The van der Waals surface area contributed by atoms with Gasteiger partial charge < -0.3 is 10.6 Å². The molecule has 2 N–H and O–H groups in total. The second-order valence-electron chi connectivity index (χ2n) is 4.65. The maximum atomic E-state index is 11.7. The van der Waals surface area contributed by atoms with Crippen molar-refractivity contribution in [2.24, 2.45) is 0 Å². The fraction of sp³-hybridized carbons (Fsp3) is 0.467. The van der Waals surface area contributed by atoms with Gasteiger partial charge in [-0.15, -0.1) is 0 Å². The number of rotatable bonds is 7. The summed E-state index contributed by atoms with van der Waals surface area (Å²) < 4.78 is 0. The van der Waals surface area contributed by atoms with Crippen molar-refractivity contribution in [1.29, 1.82) is 0 Å². The molecule has 0 aliphatic carbocycles. The Morgan fingerprint density at radius 1 is 1.16 bits per heavy atom. The van der Waals surface area contributed by atoms with Gasteiger partial charge in [-0.3, -0.25) is 9.59 Å². The number of unbranched alkanes of at least 4 members (excludes halogenated alkanes) is 2. The third-order valence-electron chi connectivity index (χ3n) is 2.73. The monoisotopic (exact) mass is 262 g/mol. The molecule has 0 aliphatic rings. The van der Waals surface area contributed by atoms with Crippen LogP contribution < -0.4 is 10.6 Å². The molecule has 19 heavy (non-hydrogen) atoms. The molecule has 0 radical (unpaired) electrons. The number of benzene rings is 1. The van der Waals surface area contributed by atoms with Crippen molar-refractivity contribution in [1.82, 2.24) is 5.32 Å². The molecule has 0 spiro atoms. The third kappa shape index (κ3) is 6.60. The van der Waals surface area contributed by atoms with E-state index in [-0.39, 0.29) is 18.2 Å². The minimum atomic E-state index is -0.279. The molecule has 0 saturated carbocycles. The van der Waals surface area contributed by atoms with Gasteiger partial charge in [0.15, 0.2) is 0 Å². The number of carbonyl (C=O) groups excluding carboxylic acids is 2. The lowest BCUT2D eigenvalue weighted by Crippen LogP contribution is -2.28. The first-order valence-electron chi connectivity index (χ1n) is 6.75. The Labute approximate surface area is 114 Å². The Morgan fingerprint density at radius 2 is 1.95 bits per heavy atom. The molecule has 0 bridgehead atoms. The van der Waals surface area contributed by atoms with Crippen LogP contribution in [0.3, 0.4) is 0 Å². The number of carbonyl (C=O) groups is 2. The zero-order chi connectivity index (χ0) is 14.1. The lowest BCUT2D eigenvalue weighted by Gasteiger charge is -2.07. The maximum Gasteiger partial charge on any atom is 0.233 e. The standard InChI is InChI=1S/C15H22N2O2/c1-3-4-5-9-16-14(18)11-15(19)17-13-8-6-7-12(2)10-13/h6-8,10H,3-5,9,11H2,1-2H3,(H,16,18)(H,17,19). The first-order chi connectivity index (χ1) is 9.11. The average Bonchev–Trinajstić information content (AvgIpc) is 2.34. The van der Waals surface area contributed by atoms with Gasteiger partial charge >= 0.3 is 0 Å². The van der Waals surface area contributed by atoms with Crippen LogP contribution >= 0.6 is 0 Å². The van der Waals surface area contributed by atoms with Crippen molar-refractivity contribution in [3.63, 3.8) is 0 Å². The smallest absolute Gasteiger partial charge is 0.233 e. The zero-order valence-electron chi connectivity index (χ0n) is 11.7. The highest BCUT2D eigenvalue weighted by Crippen LogP contribution is 2.09. The molecule has 104 valence electrons. The van der Waals surface area contributed by atoms with Crippen molar-refractivity contribution in [3.8, 4) is 0 Å². The van der Waals surface area contributed by atoms with Crippen LogP contribution in [0, 0.1) is 6.92 Å². The van der Waals surface area contributed by atoms with Crippen LogP contribution in [-0.4, -0.2) is 18.4 Å². The van der Waals surface area contributed by atoms with E-state index >= 15 is 0 Å². The Morgan fingerprint density at radius 3 is 2.63 bits per heavy atom. The Bertz CT molecular complexity index is 430. The minimum absolute atomic E-state index is 0.125. The van der Waals surface area contributed by atoms with Crippen molar-refractivity contribution in [2.45, 2.75) is 39.5 Å². The van der Waals surface area contributed by atoms with Gasteiger partial charge in [0.05, 0.1) is 0 Å². The molecule has 0 saturated heterocycles. The van der Waals surface area contributed by atoms with Gasteiger partial charge in [0, 0.05) is 12.2 Å². The minimum Gasteiger partial charge on any atom is -0.356 e. The fourth-order valence-electron chi connectivity index (χ4n) is 1.74. The van der Waals surface area contributed by atoms with Gasteiger partial charge in [0.25, 0.3) is 0 Å². The summed E-state index contributed by atoms with van der Waals surface area (Å²) >= 11 is 0. The van der Waals surface area contributed by atoms with Crippen LogP contribution in [0.5, 0.6) is 0 Å². The molecule has 1 rings (SSSR count). The van der Waals surface area contributed by atoms with E-state index in [1.807, 2.05) is 31.2 Å². The Kier molecular flexibility index (Phi) is 6.64. The van der Waals surface area contributed by atoms with Crippen LogP contribution in [0.25, 0.3) is 0 Å². The fourth-order valence-corrected chi connectivity index (χ4v) is 1.74. The summed E-state index contributed by atoms with van der Waals surface area (Å²) in [7, 11) is 0. The van der Waals surface area contributed by atoms with E-state index in [2.05, 4.69) is 17.6 Å². The second kappa shape index (κ2) is 8.29. The number of hydrogen-bond donors (Lipinski definition) is 2. The summed E-state index contributed by atoms with van der Waals surface area (Å²) in [5.74, 6) is -0.500. The summed E-state index contributed by atoms with van der Waals surface area (Å²) in [6.45, 7) is 4.71. The molecule has 0 atom stereocenters. The molecule has 1 aromatic carbocycles. The van der Waals surface area contributed by atoms with Crippen molar-refractivity contribution in [2.75, 3.05) is 11.9 Å². The zero-order valence-corrected chi connectivity index (χ0v) is 11.7. The average molecular weight is 262 g/mol. The van der Waals surface area contributed by atoms with Gasteiger partial charge in [-0.1, -0.05) is 31.9 Å². The predicted molar refractivity (Wildman–Crippen MR) is 77.0 cm³/mol. The van der Waals surface area contributed by atoms with Gasteiger partial charge in [-0.25, -0.2) is 0 Å². The lowest BCUT2D eigenvalue weighted by molar-refractivity contribution is -0.126. The van der Waals surface area contributed by atoms with Crippen LogP contribution in [0.15, 0.2) is 24.3 Å². The third-order valence-corrected chi connectivity index (χ3v) is 2.73. The molecule has 0 fully saturated rings. The van der Waals surface area contributed by atoms with E-state index in [4.69, 9.17) is 0 Å². The van der Waals surface area contributed by atoms with Crippen LogP contribution in [0.4, 0.5) is 5.69 Å². The van der Waals surface area contributed by atoms with Gasteiger partial charge in [0.2, 0.25) is 11.8 Å². The van der Waals surface area contributed by atoms with E-state index in [1.165, 1.54) is 0 Å². The molecular formula is C15H22N2O2. The Balaban J connectivity index is 2.29. The topological polar surface area (TPSA) is 58.2 Å². The number of nitrogens with one attached hydrogen (secondary N) is 2. The van der Waals surface area contributed by atoms with Crippen molar-refractivity contribution < 1.29 is 9.59 Å². The van der Waals surface area contributed by atoms with E-state index in [0.717, 1.165) is 30.5 Å². The lowest BCUT2D eigenvalue weighted by atomic mass is 10.2. The highest BCUT2D eigenvalue weighted by atomic mass is 16.2. The highest BCUT2D eigenvalue weighted by molar-refractivity contribution is 6.03. The molecule has 0 aliphatic heterocycles. The normalized spacial score (nSPS) is 10.0. The maximum absolute atomic E-state index is 11.7. The van der Waals surface area contributed by atoms with Gasteiger partial charge in [-0.05, 0) is 31.0 Å². The first-order valence-corrected chi connectivity index (χ1v) is 6.75. The van der Waals surface area contributed by atoms with Crippen molar-refractivity contribution >= 4 is 17.5 Å². The van der Waals surface area contributed by atoms with E-state index in [9.17, 15) is 9.59 Å². The summed E-state index contributed by atoms with van der Waals surface area (Å²) in [5, 5.41) is 5.46. The molecule has 2 amide bonds. The van der Waals surface area contributed by atoms with Gasteiger partial charge in [-0.2, -0.15) is 0 Å². The van der Waals surface area contributed by atoms with E-state index < -0.39 is 0 Å². The summed E-state index contributed by atoms with van der Waals surface area (Å²) in [4.78, 5) is 23.2. The highest BCUT2D eigenvalue weighted by Gasteiger charge is 2.08. The molecule has 4 nitrogen and oxygen atoms in total. The molecule has 0 unspecified atom stereocenters. The summed E-state index contributed by atoms with van der Waals surface area (Å²) in [6, 6.07) is 7.51. The van der Waals surface area contributed by atoms with E-state index in [1.54, 1.807) is 0 Å². The summed E-state index contributed by atoms with van der Waals surface area (Å²) in [6.07, 6.45) is 3.04. The predicted octanol–water partition coefficient (Wildman–Crippen LogP) is 2.63. The van der Waals surface area contributed by atoms with Crippen LogP contribution in [0.1, 0.15) is 38.2 Å². The number of hydrogen-bond acceptors (Lipinski definition) is 2. The molecule has 0 heterocycles. The molecule has 4 heteroatoms. The first kappa shape index (κ1) is 15.2. The second-order valence-corrected chi connectivity index (χ2v) is 4.65. The van der Waals surface area contributed by atoms with Crippen molar-refractivity contribution in [3.05, 3.63) is 29.8 Å². The van der Waals surface area contributed by atoms with Gasteiger partial charge in [0.1, 0.15) is 6.42 Å². The number of amides is 2. The summed E-state index contributed by atoms with van der Waals surface area (Å²) in [5.41, 5.74) is 1.80. The molecule has 1 aromatic rings. The van der Waals surface area contributed by atoms with Crippen LogP contribution in [-0.2, 0) is 9.59 Å². The number of aryl methyl sites for hydroxylation is 1. The SMILES string of the molecule is CCCCCNC(=O)CC(=O)Nc1cccc(C)c1.